The molecule has 5 N–H and O–H groups in total. The summed E-state index contributed by atoms with van der Waals surface area (Å²) in [4.78, 5) is 44.6. The fourth-order valence-corrected chi connectivity index (χ4v) is 7.42. The first-order valence-corrected chi connectivity index (χ1v) is 15.3. The predicted molar refractivity (Wildman–Crippen MR) is 148 cm³/mol. The molecule has 1 saturated heterocycles. The fourth-order valence-electron chi connectivity index (χ4n) is 7.42. The molecule has 3 fully saturated rings. The molecule has 238 valence electrons. The van der Waals surface area contributed by atoms with Crippen molar-refractivity contribution in [2.45, 2.75) is 110 Å². The minimum absolute atomic E-state index is 0.0408. The Morgan fingerprint density at radius 1 is 0.907 bits per heavy atom. The highest BCUT2D eigenvalue weighted by Crippen LogP contribution is 2.53. The Labute approximate surface area is 249 Å². The van der Waals surface area contributed by atoms with Crippen LogP contribution in [0.1, 0.15) is 85.5 Å². The van der Waals surface area contributed by atoms with Crippen molar-refractivity contribution >= 4 is 17.5 Å². The van der Waals surface area contributed by atoms with Crippen molar-refractivity contribution in [1.29, 1.82) is 0 Å². The zero-order valence-corrected chi connectivity index (χ0v) is 25.0. The Kier molecular flexibility index (Phi) is 8.29. The zero-order valence-electron chi connectivity index (χ0n) is 25.0. The molecular formula is C30H42N2O11. The van der Waals surface area contributed by atoms with Crippen LogP contribution in [0.4, 0.5) is 0 Å². The highest BCUT2D eigenvalue weighted by atomic mass is 17.0. The number of carbonyl (C=O) groups excluding carboxylic acids is 3. The van der Waals surface area contributed by atoms with Crippen LogP contribution in [0.25, 0.3) is 0 Å². The second kappa shape index (κ2) is 11.3. The van der Waals surface area contributed by atoms with Gasteiger partial charge in [-0.15, -0.1) is 4.81 Å². The molecule has 2 saturated carbocycles. The quantitative estimate of drug-likeness (QED) is 0.127. The van der Waals surface area contributed by atoms with Crippen molar-refractivity contribution in [3.8, 4) is 0 Å². The number of aliphatic hydroxyl groups is 4. The van der Waals surface area contributed by atoms with Crippen molar-refractivity contribution in [2.24, 2.45) is 23.7 Å². The largest absolute Gasteiger partial charge is 0.588 e. The van der Waals surface area contributed by atoms with E-state index in [2.05, 4.69) is 0 Å². The van der Waals surface area contributed by atoms with Gasteiger partial charge in [-0.05, 0) is 69.6 Å². The van der Waals surface area contributed by atoms with Crippen LogP contribution in [0.3, 0.4) is 0 Å². The van der Waals surface area contributed by atoms with E-state index in [4.69, 9.17) is 9.57 Å². The third kappa shape index (κ3) is 4.55. The smallest absolute Gasteiger partial charge is 0.348 e. The summed E-state index contributed by atoms with van der Waals surface area (Å²) in [7, 11) is 0. The minimum Gasteiger partial charge on any atom is -0.588 e. The van der Waals surface area contributed by atoms with E-state index in [1.54, 1.807) is 27.7 Å². The van der Waals surface area contributed by atoms with Crippen molar-refractivity contribution in [1.82, 2.24) is 5.06 Å². The maximum absolute atomic E-state index is 14.5. The van der Waals surface area contributed by atoms with E-state index in [1.807, 2.05) is 0 Å². The number of ether oxygens (including phenoxy) is 1. The standard InChI is InChI=1S/C30H42N2O11/c1-5-14(3)23-28(38)32(41)30(15(4)6-2,29(39)31(23)40)42-20-13-17(9-12-19(20)43-32)22-26(36)24(34)21(25(35)27(22)37)16-7-10-18(33)11-8-16/h14-20,33-34,37-38,40H,5-13H2,1-4H3/t14-,15+,16?,17?,18?,19?,20?,30+,32-/m0/s1. The lowest BCUT2D eigenvalue weighted by atomic mass is 9.72. The Balaban J connectivity index is 1.47. The van der Waals surface area contributed by atoms with Gasteiger partial charge in [0.2, 0.25) is 11.6 Å². The summed E-state index contributed by atoms with van der Waals surface area (Å²) in [6, 6.07) is 0. The van der Waals surface area contributed by atoms with Crippen LogP contribution in [-0.2, 0) is 24.0 Å². The summed E-state index contributed by atoms with van der Waals surface area (Å²) in [5.74, 6) is -7.74. The molecule has 0 radical (unpaired) electrons. The molecule has 5 aliphatic rings. The molecule has 1 amide bonds. The topological polar surface area (TPSA) is 197 Å². The summed E-state index contributed by atoms with van der Waals surface area (Å²) in [5, 5.41) is 68.7. The van der Waals surface area contributed by atoms with E-state index in [0.29, 0.717) is 32.1 Å². The number of aliphatic hydroxyl groups excluding tert-OH is 4. The molecule has 43 heavy (non-hydrogen) atoms. The van der Waals surface area contributed by atoms with E-state index in [-0.39, 0.29) is 47.6 Å². The lowest BCUT2D eigenvalue weighted by Crippen LogP contribution is -2.79. The normalized spacial score (nSPS) is 38.7. The first kappa shape index (κ1) is 31.6. The van der Waals surface area contributed by atoms with Gasteiger partial charge in [0.05, 0.1) is 29.3 Å². The number of Topliss-reactive ketones (excluding diaryl/α,β-unsaturated/α-hetero) is 2. The molecule has 2 heterocycles. The molecule has 13 heteroatoms. The van der Waals surface area contributed by atoms with Crippen molar-refractivity contribution < 1.29 is 54.4 Å². The van der Waals surface area contributed by atoms with Crippen molar-refractivity contribution in [3.63, 3.8) is 0 Å². The highest BCUT2D eigenvalue weighted by molar-refractivity contribution is 6.23. The van der Waals surface area contributed by atoms with Gasteiger partial charge in [0.1, 0.15) is 6.10 Å². The van der Waals surface area contributed by atoms with E-state index >= 15 is 0 Å². The molecule has 0 bridgehead atoms. The van der Waals surface area contributed by atoms with Gasteiger partial charge in [0.25, 0.3) is 0 Å². The molecule has 3 aliphatic carbocycles. The number of nitrogens with zero attached hydrogens (tertiary/aromatic N) is 2. The molecule has 0 aromatic heterocycles. The van der Waals surface area contributed by atoms with Crippen molar-refractivity contribution in [2.75, 3.05) is 0 Å². The Hall–Kier alpha value is -2.81. The Morgan fingerprint density at radius 2 is 1.47 bits per heavy atom. The second-order valence-corrected chi connectivity index (χ2v) is 12.7. The molecule has 0 spiro atoms. The maximum atomic E-state index is 14.5. The molecule has 5 rings (SSSR count). The average Bonchev–Trinajstić information content (AvgIpc) is 2.99. The number of quaternary nitrogens is 1. The molecular weight excluding hydrogens is 564 g/mol. The van der Waals surface area contributed by atoms with Gasteiger partial charge in [-0.3, -0.25) is 19.6 Å². The summed E-state index contributed by atoms with van der Waals surface area (Å²) >= 11 is 0. The maximum Gasteiger partial charge on any atom is 0.348 e. The van der Waals surface area contributed by atoms with Crippen LogP contribution in [0.5, 0.6) is 0 Å². The van der Waals surface area contributed by atoms with E-state index in [1.165, 1.54) is 0 Å². The van der Waals surface area contributed by atoms with Gasteiger partial charge in [-0.1, -0.05) is 27.7 Å². The van der Waals surface area contributed by atoms with E-state index in [0.717, 1.165) is 0 Å². The highest BCUT2D eigenvalue weighted by Gasteiger charge is 2.72. The van der Waals surface area contributed by atoms with Crippen LogP contribution in [0.15, 0.2) is 34.2 Å². The number of amides is 1. The van der Waals surface area contributed by atoms with Crippen LogP contribution >= 0.6 is 0 Å². The second-order valence-electron chi connectivity index (χ2n) is 12.7. The van der Waals surface area contributed by atoms with Crippen LogP contribution in [0, 0.1) is 28.9 Å². The van der Waals surface area contributed by atoms with Gasteiger partial charge in [0, 0.05) is 5.92 Å². The summed E-state index contributed by atoms with van der Waals surface area (Å²) in [5.41, 5.74) is -3.06. The number of carbonyl (C=O) groups is 3. The Morgan fingerprint density at radius 3 is 2.02 bits per heavy atom. The van der Waals surface area contributed by atoms with Crippen LogP contribution in [-0.4, -0.2) is 77.0 Å². The predicted octanol–water partition coefficient (Wildman–Crippen LogP) is 3.87. The van der Waals surface area contributed by atoms with Gasteiger partial charge in [0.15, 0.2) is 17.2 Å². The molecule has 13 nitrogen and oxygen atoms in total. The summed E-state index contributed by atoms with van der Waals surface area (Å²) in [6.45, 7) is 6.72. The lowest BCUT2D eigenvalue weighted by Gasteiger charge is -2.61. The fraction of sp³-hybridized carbons (Fsp3) is 0.700. The molecule has 0 aromatic carbocycles. The Bertz CT molecular complexity index is 1300. The number of ketones is 2. The number of rotatable bonds is 6. The minimum atomic E-state index is -2.41. The van der Waals surface area contributed by atoms with Gasteiger partial charge < -0.3 is 30.4 Å². The first-order chi connectivity index (χ1) is 20.2. The number of fused-ring (bicyclic) bond motifs is 2. The number of hydrogen-bond acceptors (Lipinski definition) is 11. The summed E-state index contributed by atoms with van der Waals surface area (Å²) < 4.78 is 6.31. The monoisotopic (exact) mass is 606 g/mol. The molecule has 7 atom stereocenters. The third-order valence-corrected chi connectivity index (χ3v) is 10.3. The number of hydroxylamine groups is 6. The SMILES string of the molecule is CC[C@@H](C)[C@]12OC3CC(C4=C(O)C(=O)C(C5CCC(O)CC5)=C(O)C4=O)CCC3O[N@@+]1([O-])C(O)=C([C@@H](C)CC)N(O)C2=O. The first-order valence-electron chi connectivity index (χ1n) is 15.3. The van der Waals surface area contributed by atoms with Crippen LogP contribution in [0.2, 0.25) is 0 Å². The summed E-state index contributed by atoms with van der Waals surface area (Å²) in [6.07, 6.45) is 0.0969. The molecule has 2 aliphatic heterocycles. The van der Waals surface area contributed by atoms with E-state index in [9.17, 15) is 45.2 Å². The van der Waals surface area contributed by atoms with Gasteiger partial charge >= 0.3 is 17.5 Å². The lowest BCUT2D eigenvalue weighted by molar-refractivity contribution is -1.12. The van der Waals surface area contributed by atoms with Gasteiger partial charge in [-0.25, -0.2) is 0 Å². The molecule has 0 aromatic rings. The molecule has 3 unspecified atom stereocenters. The van der Waals surface area contributed by atoms with Crippen molar-refractivity contribution in [3.05, 3.63) is 39.5 Å². The third-order valence-electron chi connectivity index (χ3n) is 10.3. The van der Waals surface area contributed by atoms with Gasteiger partial charge in [-0.2, -0.15) is 9.90 Å². The van der Waals surface area contributed by atoms with Crippen LogP contribution < -0.4 is 0 Å². The van der Waals surface area contributed by atoms with E-state index < -0.39 is 87.4 Å². The number of allylic oxidation sites excluding steroid dienone is 3. The average molecular weight is 607 g/mol. The zero-order chi connectivity index (χ0) is 31.6. The number of hydrogen-bond donors (Lipinski definition) is 5.